The Labute approximate surface area is 172 Å². The zero-order chi connectivity index (χ0) is 20.0. The van der Waals surface area contributed by atoms with E-state index in [0.717, 1.165) is 23.5 Å². The normalized spacial score (nSPS) is 19.4. The van der Waals surface area contributed by atoms with Crippen molar-refractivity contribution in [1.82, 2.24) is 0 Å². The molecule has 3 heterocycles. The van der Waals surface area contributed by atoms with Gasteiger partial charge in [0.05, 0.1) is 17.6 Å². The highest BCUT2D eigenvalue weighted by atomic mass is 32.2. The number of hydrogen-bond donors (Lipinski definition) is 1. The Morgan fingerprint density at radius 3 is 2.69 bits per heavy atom. The Hall–Kier alpha value is -2.84. The molecule has 2 aromatic heterocycles. The summed E-state index contributed by atoms with van der Waals surface area (Å²) in [5.41, 5.74) is 2.37. The second kappa shape index (κ2) is 6.89. The number of hydrogen-bond acceptors (Lipinski definition) is 6. The number of Topliss-reactive ketones (excluding diaryl/α,β-unsaturated/α-hetero) is 1. The van der Waals surface area contributed by atoms with Crippen LogP contribution in [0, 0.1) is 0 Å². The Morgan fingerprint density at radius 2 is 1.93 bits per heavy atom. The Kier molecular flexibility index (Phi) is 4.33. The molecule has 1 N–H and O–H groups in total. The fraction of sp³-hybridized carbons (Fsp3) is 0.190. The summed E-state index contributed by atoms with van der Waals surface area (Å²) in [5, 5.41) is 5.07. The predicted octanol–water partition coefficient (Wildman–Crippen LogP) is 4.71. The van der Waals surface area contributed by atoms with E-state index >= 15 is 0 Å². The Balaban J connectivity index is 1.84. The standard InChI is InChI=1S/C21H18N2O4S2/c24-17-9-3-7-15-20(17)21(18-10-4-12-27-18)23(16-8-2-1-6-14(16)22-15)29(25,26)19-11-5-13-28-19/h1-2,4-6,8,10-13,21-22H,3,7,9H2. The third-order valence-corrected chi connectivity index (χ3v) is 8.36. The van der Waals surface area contributed by atoms with E-state index in [-0.39, 0.29) is 9.99 Å². The lowest BCUT2D eigenvalue weighted by Gasteiger charge is -2.32. The van der Waals surface area contributed by atoms with Crippen molar-refractivity contribution in [3.8, 4) is 0 Å². The summed E-state index contributed by atoms with van der Waals surface area (Å²) in [6.45, 7) is 0. The van der Waals surface area contributed by atoms with Crippen molar-refractivity contribution in [3.05, 3.63) is 77.2 Å². The van der Waals surface area contributed by atoms with Gasteiger partial charge >= 0.3 is 0 Å². The number of fused-ring (bicyclic) bond motifs is 1. The van der Waals surface area contributed by atoms with E-state index < -0.39 is 16.1 Å². The van der Waals surface area contributed by atoms with Crippen molar-refractivity contribution in [2.45, 2.75) is 29.5 Å². The Bertz CT molecular complexity index is 1200. The number of furan rings is 1. The predicted molar refractivity (Wildman–Crippen MR) is 111 cm³/mol. The molecule has 1 aliphatic carbocycles. The largest absolute Gasteiger partial charge is 0.467 e. The van der Waals surface area contributed by atoms with Crippen LogP contribution in [0.3, 0.4) is 0 Å². The number of benzene rings is 1. The lowest BCUT2D eigenvalue weighted by molar-refractivity contribution is -0.116. The fourth-order valence-corrected chi connectivity index (χ4v) is 6.67. The molecular formula is C21H18N2O4S2. The van der Waals surface area contributed by atoms with E-state index in [1.165, 1.54) is 10.6 Å². The van der Waals surface area contributed by atoms with Crippen molar-refractivity contribution in [3.63, 3.8) is 0 Å². The second-order valence-electron chi connectivity index (χ2n) is 6.96. The van der Waals surface area contributed by atoms with Crippen molar-refractivity contribution >= 4 is 38.5 Å². The van der Waals surface area contributed by atoms with Crippen LogP contribution in [0.2, 0.25) is 0 Å². The minimum absolute atomic E-state index is 0.0562. The molecule has 0 fully saturated rings. The van der Waals surface area contributed by atoms with Crippen molar-refractivity contribution in [2.75, 3.05) is 9.62 Å². The molecule has 1 aliphatic heterocycles. The zero-order valence-corrected chi connectivity index (χ0v) is 17.0. The molecule has 2 aliphatic rings. The molecule has 5 rings (SSSR count). The van der Waals surface area contributed by atoms with Gasteiger partial charge in [0.15, 0.2) is 5.78 Å². The molecule has 0 radical (unpaired) electrons. The first-order valence-corrected chi connectivity index (χ1v) is 11.6. The summed E-state index contributed by atoms with van der Waals surface area (Å²) < 4.78 is 34.8. The molecule has 148 valence electrons. The molecule has 29 heavy (non-hydrogen) atoms. The van der Waals surface area contributed by atoms with Crippen LogP contribution in [0.25, 0.3) is 0 Å². The summed E-state index contributed by atoms with van der Waals surface area (Å²) in [6.07, 6.45) is 3.30. The van der Waals surface area contributed by atoms with E-state index in [4.69, 9.17) is 4.42 Å². The third-order valence-electron chi connectivity index (χ3n) is 5.21. The highest BCUT2D eigenvalue weighted by Crippen LogP contribution is 2.47. The molecule has 6 nitrogen and oxygen atoms in total. The lowest BCUT2D eigenvalue weighted by atomic mass is 9.89. The van der Waals surface area contributed by atoms with Gasteiger partial charge in [-0.3, -0.25) is 4.79 Å². The van der Waals surface area contributed by atoms with Gasteiger partial charge in [-0.1, -0.05) is 18.2 Å². The summed E-state index contributed by atoms with van der Waals surface area (Å²) in [7, 11) is -3.94. The summed E-state index contributed by atoms with van der Waals surface area (Å²) in [6, 6.07) is 13.1. The van der Waals surface area contributed by atoms with Crippen molar-refractivity contribution in [2.24, 2.45) is 0 Å². The van der Waals surface area contributed by atoms with E-state index in [1.807, 2.05) is 12.1 Å². The van der Waals surface area contributed by atoms with Gasteiger partial charge in [0, 0.05) is 17.7 Å². The first-order chi connectivity index (χ1) is 14.1. The van der Waals surface area contributed by atoms with Crippen LogP contribution in [0.15, 0.2) is 80.1 Å². The molecule has 1 aromatic carbocycles. The second-order valence-corrected chi connectivity index (χ2v) is 9.95. The number of carbonyl (C=O) groups is 1. The maximum atomic E-state index is 13.8. The number of nitrogens with zero attached hydrogens (tertiary/aromatic N) is 1. The van der Waals surface area contributed by atoms with E-state index in [1.54, 1.807) is 41.8 Å². The maximum absolute atomic E-state index is 13.8. The van der Waals surface area contributed by atoms with Crippen molar-refractivity contribution < 1.29 is 17.6 Å². The lowest BCUT2D eigenvalue weighted by Crippen LogP contribution is -2.37. The van der Waals surface area contributed by atoms with Gasteiger partial charge in [0.25, 0.3) is 10.0 Å². The fourth-order valence-electron chi connectivity index (χ4n) is 3.98. The number of thiophene rings is 1. The molecule has 0 amide bonds. The highest BCUT2D eigenvalue weighted by Gasteiger charge is 2.44. The van der Waals surface area contributed by atoms with Crippen molar-refractivity contribution in [1.29, 1.82) is 0 Å². The minimum Gasteiger partial charge on any atom is -0.467 e. The van der Waals surface area contributed by atoms with Crippen LogP contribution in [-0.4, -0.2) is 14.2 Å². The molecule has 0 bridgehead atoms. The van der Waals surface area contributed by atoms with E-state index in [2.05, 4.69) is 5.32 Å². The molecule has 0 saturated heterocycles. The third kappa shape index (κ3) is 2.90. The molecule has 3 aromatic rings. The van der Waals surface area contributed by atoms with Gasteiger partial charge in [0.2, 0.25) is 0 Å². The average molecular weight is 427 g/mol. The summed E-state index contributed by atoms with van der Waals surface area (Å²) in [5.74, 6) is 0.366. The summed E-state index contributed by atoms with van der Waals surface area (Å²) in [4.78, 5) is 13.0. The van der Waals surface area contributed by atoms with Gasteiger partial charge in [-0.2, -0.15) is 0 Å². The van der Waals surface area contributed by atoms with E-state index in [9.17, 15) is 13.2 Å². The van der Waals surface area contributed by atoms with Gasteiger partial charge < -0.3 is 9.73 Å². The molecule has 1 atom stereocenters. The van der Waals surface area contributed by atoms with Gasteiger partial charge in [-0.15, -0.1) is 11.3 Å². The average Bonchev–Trinajstić information content (AvgIpc) is 3.40. The number of rotatable bonds is 3. The number of allylic oxidation sites excluding steroid dienone is 1. The quantitative estimate of drug-likeness (QED) is 0.656. The molecular weight excluding hydrogens is 408 g/mol. The van der Waals surface area contributed by atoms with Gasteiger partial charge in [-0.05, 0) is 48.6 Å². The number of ketones is 1. The van der Waals surface area contributed by atoms with Gasteiger partial charge in [-0.25, -0.2) is 12.7 Å². The first-order valence-electron chi connectivity index (χ1n) is 9.31. The maximum Gasteiger partial charge on any atom is 0.274 e. The van der Waals surface area contributed by atoms with Crippen LogP contribution in [-0.2, 0) is 14.8 Å². The Morgan fingerprint density at radius 1 is 1.07 bits per heavy atom. The molecule has 0 spiro atoms. The molecule has 0 saturated carbocycles. The number of anilines is 2. The van der Waals surface area contributed by atoms with Crippen LogP contribution in [0.5, 0.6) is 0 Å². The number of carbonyl (C=O) groups excluding carboxylic acids is 1. The SMILES string of the molecule is O=C1CCCC2=C1C(c1ccco1)N(S(=O)(=O)c1cccs1)c1ccccc1N2. The number of nitrogens with one attached hydrogen (secondary N) is 1. The topological polar surface area (TPSA) is 79.6 Å². The van der Waals surface area contributed by atoms with Crippen LogP contribution in [0.1, 0.15) is 31.1 Å². The number of para-hydroxylation sites is 2. The smallest absolute Gasteiger partial charge is 0.274 e. The van der Waals surface area contributed by atoms with Crippen LogP contribution >= 0.6 is 11.3 Å². The van der Waals surface area contributed by atoms with E-state index in [0.29, 0.717) is 35.5 Å². The molecule has 8 heteroatoms. The minimum atomic E-state index is -3.94. The zero-order valence-electron chi connectivity index (χ0n) is 15.4. The van der Waals surface area contributed by atoms with Crippen LogP contribution in [0.4, 0.5) is 11.4 Å². The highest BCUT2D eigenvalue weighted by molar-refractivity contribution is 7.94. The van der Waals surface area contributed by atoms with Crippen LogP contribution < -0.4 is 9.62 Å². The molecule has 1 unspecified atom stereocenters. The summed E-state index contributed by atoms with van der Waals surface area (Å²) >= 11 is 1.15. The monoisotopic (exact) mass is 426 g/mol. The first kappa shape index (κ1) is 18.2. The number of sulfonamides is 1. The van der Waals surface area contributed by atoms with Gasteiger partial charge in [0.1, 0.15) is 16.0 Å².